The molecule has 0 spiro atoms. The second-order valence-electron chi connectivity index (χ2n) is 2.67. The third kappa shape index (κ3) is 2.26. The van der Waals surface area contributed by atoms with Crippen LogP contribution < -0.4 is 9.47 Å². The quantitative estimate of drug-likeness (QED) is 0.777. The molecule has 0 unspecified atom stereocenters. The fourth-order valence-corrected chi connectivity index (χ4v) is 1.63. The second kappa shape index (κ2) is 5.00. The van der Waals surface area contributed by atoms with Crippen LogP contribution in [0.25, 0.3) is 0 Å². The molecule has 1 aromatic rings. The molecular formula is C10H11BrO3. The van der Waals surface area contributed by atoms with Gasteiger partial charge >= 0.3 is 0 Å². The van der Waals surface area contributed by atoms with Crippen molar-refractivity contribution in [1.82, 2.24) is 0 Å². The highest BCUT2D eigenvalue weighted by Crippen LogP contribution is 2.33. The van der Waals surface area contributed by atoms with Gasteiger partial charge in [0.05, 0.1) is 14.2 Å². The standard InChI is InChI=1S/C10H11BrO3/c1-13-9-5-7(3-4-12)8(11)6-10(9)14-2/h4-6H,3H2,1-2H3. The average molecular weight is 259 g/mol. The molecule has 0 heterocycles. The topological polar surface area (TPSA) is 35.5 Å². The molecule has 0 radical (unpaired) electrons. The summed E-state index contributed by atoms with van der Waals surface area (Å²) in [6.45, 7) is 0. The number of rotatable bonds is 4. The van der Waals surface area contributed by atoms with E-state index >= 15 is 0 Å². The Bertz CT molecular complexity index is 336. The normalized spacial score (nSPS) is 9.64. The number of aldehydes is 1. The van der Waals surface area contributed by atoms with Gasteiger partial charge < -0.3 is 14.3 Å². The maximum absolute atomic E-state index is 10.4. The molecule has 1 rings (SSSR count). The zero-order valence-corrected chi connectivity index (χ0v) is 9.63. The van der Waals surface area contributed by atoms with E-state index in [1.54, 1.807) is 26.4 Å². The molecule has 0 aliphatic rings. The van der Waals surface area contributed by atoms with Gasteiger partial charge in [-0.1, -0.05) is 15.9 Å². The molecule has 0 amide bonds. The van der Waals surface area contributed by atoms with Crippen LogP contribution in [0.5, 0.6) is 11.5 Å². The molecule has 1 aromatic carbocycles. The average Bonchev–Trinajstić information content (AvgIpc) is 2.20. The van der Waals surface area contributed by atoms with Crippen molar-refractivity contribution in [3.8, 4) is 11.5 Å². The Morgan fingerprint density at radius 3 is 2.36 bits per heavy atom. The lowest BCUT2D eigenvalue weighted by molar-refractivity contribution is -0.107. The monoisotopic (exact) mass is 258 g/mol. The highest BCUT2D eigenvalue weighted by molar-refractivity contribution is 9.10. The summed E-state index contributed by atoms with van der Waals surface area (Å²) in [4.78, 5) is 10.4. The molecule has 3 nitrogen and oxygen atoms in total. The van der Waals surface area contributed by atoms with E-state index in [1.807, 2.05) is 0 Å². The molecule has 0 fully saturated rings. The maximum Gasteiger partial charge on any atom is 0.161 e. The first-order chi connectivity index (χ1) is 6.72. The van der Waals surface area contributed by atoms with Gasteiger partial charge in [0.2, 0.25) is 0 Å². The van der Waals surface area contributed by atoms with Crippen molar-refractivity contribution in [2.45, 2.75) is 6.42 Å². The smallest absolute Gasteiger partial charge is 0.161 e. The summed E-state index contributed by atoms with van der Waals surface area (Å²) in [5.41, 5.74) is 0.887. The van der Waals surface area contributed by atoms with Crippen LogP contribution in [0.4, 0.5) is 0 Å². The van der Waals surface area contributed by atoms with Gasteiger partial charge in [-0.2, -0.15) is 0 Å². The molecular weight excluding hydrogens is 248 g/mol. The van der Waals surface area contributed by atoms with Crippen LogP contribution in [0, 0.1) is 0 Å². The van der Waals surface area contributed by atoms with Crippen molar-refractivity contribution in [3.63, 3.8) is 0 Å². The minimum Gasteiger partial charge on any atom is -0.493 e. The van der Waals surface area contributed by atoms with Crippen LogP contribution in [-0.2, 0) is 11.2 Å². The largest absolute Gasteiger partial charge is 0.493 e. The van der Waals surface area contributed by atoms with E-state index in [9.17, 15) is 4.79 Å². The third-order valence-corrected chi connectivity index (χ3v) is 2.59. The molecule has 0 bridgehead atoms. The number of carbonyl (C=O) groups excluding carboxylic acids is 1. The Hall–Kier alpha value is -1.03. The van der Waals surface area contributed by atoms with Gasteiger partial charge in [-0.3, -0.25) is 0 Å². The van der Waals surface area contributed by atoms with E-state index in [1.165, 1.54) is 0 Å². The highest BCUT2D eigenvalue weighted by atomic mass is 79.9. The number of methoxy groups -OCH3 is 2. The van der Waals surface area contributed by atoms with Crippen molar-refractivity contribution in [2.24, 2.45) is 0 Å². The zero-order valence-electron chi connectivity index (χ0n) is 8.04. The number of carbonyl (C=O) groups is 1. The van der Waals surface area contributed by atoms with Crippen LogP contribution in [0.1, 0.15) is 5.56 Å². The van der Waals surface area contributed by atoms with Crippen LogP contribution >= 0.6 is 15.9 Å². The predicted molar refractivity (Wildman–Crippen MR) is 57.0 cm³/mol. The number of benzene rings is 1. The summed E-state index contributed by atoms with van der Waals surface area (Å²) in [6, 6.07) is 3.58. The molecule has 76 valence electrons. The maximum atomic E-state index is 10.4. The van der Waals surface area contributed by atoms with Gasteiger partial charge in [0, 0.05) is 10.9 Å². The summed E-state index contributed by atoms with van der Waals surface area (Å²) in [5.74, 6) is 1.28. The summed E-state index contributed by atoms with van der Waals surface area (Å²) in [5, 5.41) is 0. The lowest BCUT2D eigenvalue weighted by Crippen LogP contribution is -1.94. The van der Waals surface area contributed by atoms with Crippen LogP contribution in [0.3, 0.4) is 0 Å². The summed E-state index contributed by atoms with van der Waals surface area (Å²) in [7, 11) is 3.14. The Morgan fingerprint density at radius 2 is 1.86 bits per heavy atom. The molecule has 14 heavy (non-hydrogen) atoms. The lowest BCUT2D eigenvalue weighted by atomic mass is 10.1. The first kappa shape index (κ1) is 11.0. The fourth-order valence-electron chi connectivity index (χ4n) is 1.14. The van der Waals surface area contributed by atoms with Gasteiger partial charge in [0.1, 0.15) is 6.29 Å². The Balaban J connectivity index is 3.15. The van der Waals surface area contributed by atoms with E-state index in [4.69, 9.17) is 9.47 Å². The molecule has 0 aliphatic heterocycles. The first-order valence-electron chi connectivity index (χ1n) is 4.07. The SMILES string of the molecule is COc1cc(Br)c(CC=O)cc1OC. The Morgan fingerprint density at radius 1 is 1.29 bits per heavy atom. The molecule has 0 aliphatic carbocycles. The van der Waals surface area contributed by atoms with Crippen molar-refractivity contribution in [1.29, 1.82) is 0 Å². The number of ether oxygens (including phenoxy) is 2. The Kier molecular flexibility index (Phi) is 3.95. The van der Waals surface area contributed by atoms with Crippen LogP contribution in [-0.4, -0.2) is 20.5 Å². The van der Waals surface area contributed by atoms with E-state index in [-0.39, 0.29) is 0 Å². The minimum atomic E-state index is 0.362. The van der Waals surface area contributed by atoms with Crippen molar-refractivity contribution < 1.29 is 14.3 Å². The summed E-state index contributed by atoms with van der Waals surface area (Å²) >= 11 is 3.36. The van der Waals surface area contributed by atoms with Gasteiger partial charge in [-0.05, 0) is 17.7 Å². The van der Waals surface area contributed by atoms with E-state index < -0.39 is 0 Å². The molecule has 0 aromatic heterocycles. The number of hydrogen-bond donors (Lipinski definition) is 0. The number of halogens is 1. The summed E-state index contributed by atoms with van der Waals surface area (Å²) in [6.07, 6.45) is 1.22. The highest BCUT2D eigenvalue weighted by Gasteiger charge is 2.08. The Labute approximate surface area is 91.1 Å². The van der Waals surface area contributed by atoms with Crippen molar-refractivity contribution in [2.75, 3.05) is 14.2 Å². The van der Waals surface area contributed by atoms with Gasteiger partial charge in [-0.15, -0.1) is 0 Å². The van der Waals surface area contributed by atoms with E-state index in [0.717, 1.165) is 16.3 Å². The summed E-state index contributed by atoms with van der Waals surface area (Å²) < 4.78 is 11.1. The van der Waals surface area contributed by atoms with Gasteiger partial charge in [-0.25, -0.2) is 0 Å². The molecule has 0 atom stereocenters. The van der Waals surface area contributed by atoms with Crippen molar-refractivity contribution >= 4 is 22.2 Å². The van der Waals surface area contributed by atoms with Gasteiger partial charge in [0.15, 0.2) is 11.5 Å². The molecule has 0 N–H and O–H groups in total. The van der Waals surface area contributed by atoms with Gasteiger partial charge in [0.25, 0.3) is 0 Å². The van der Waals surface area contributed by atoms with E-state index in [2.05, 4.69) is 15.9 Å². The lowest BCUT2D eigenvalue weighted by Gasteiger charge is -2.10. The zero-order chi connectivity index (χ0) is 10.6. The number of hydrogen-bond acceptors (Lipinski definition) is 3. The van der Waals surface area contributed by atoms with E-state index in [0.29, 0.717) is 17.9 Å². The second-order valence-corrected chi connectivity index (χ2v) is 3.52. The molecule has 0 saturated carbocycles. The van der Waals surface area contributed by atoms with Crippen LogP contribution in [0.2, 0.25) is 0 Å². The van der Waals surface area contributed by atoms with Crippen LogP contribution in [0.15, 0.2) is 16.6 Å². The third-order valence-electron chi connectivity index (χ3n) is 1.86. The first-order valence-corrected chi connectivity index (χ1v) is 4.86. The molecule has 4 heteroatoms. The molecule has 0 saturated heterocycles. The fraction of sp³-hybridized carbons (Fsp3) is 0.300. The minimum absolute atomic E-state index is 0.362. The van der Waals surface area contributed by atoms with Crippen molar-refractivity contribution in [3.05, 3.63) is 22.2 Å². The predicted octanol–water partition coefficient (Wildman–Crippen LogP) is 2.21.